The largest absolute Gasteiger partial charge is 0.494 e. The minimum atomic E-state index is -4.56. The maximum Gasteiger partial charge on any atom is 0.406 e. The molecule has 0 atom stereocenters. The van der Waals surface area contributed by atoms with Crippen LogP contribution < -0.4 is 4.74 Å². The predicted molar refractivity (Wildman–Crippen MR) is 76.5 cm³/mol. The highest BCUT2D eigenvalue weighted by molar-refractivity contribution is 5.95. The SMILES string of the molecule is C#CCN(CC(F)(F)F)C(=O)c1ccc(OC)c(-n2cnnn2)c1. The molecule has 1 amide bonds. The zero-order chi connectivity index (χ0) is 17.7. The molecule has 0 N–H and O–H groups in total. The van der Waals surface area contributed by atoms with E-state index in [0.717, 1.165) is 0 Å². The van der Waals surface area contributed by atoms with E-state index in [0.29, 0.717) is 16.3 Å². The number of aromatic nitrogens is 4. The molecule has 2 aromatic rings. The summed E-state index contributed by atoms with van der Waals surface area (Å²) in [7, 11) is 1.40. The van der Waals surface area contributed by atoms with Crippen molar-refractivity contribution in [3.05, 3.63) is 30.1 Å². The van der Waals surface area contributed by atoms with E-state index < -0.39 is 25.2 Å². The van der Waals surface area contributed by atoms with Gasteiger partial charge in [0.1, 0.15) is 24.3 Å². The smallest absolute Gasteiger partial charge is 0.406 e. The molecule has 2 rings (SSSR count). The van der Waals surface area contributed by atoms with Gasteiger partial charge in [-0.05, 0) is 28.6 Å². The molecule has 1 aromatic heterocycles. The lowest BCUT2D eigenvalue weighted by molar-refractivity contribution is -0.139. The van der Waals surface area contributed by atoms with Crippen molar-refractivity contribution in [2.24, 2.45) is 0 Å². The van der Waals surface area contributed by atoms with Crippen molar-refractivity contribution in [3.8, 4) is 23.8 Å². The molecular weight excluding hydrogens is 327 g/mol. The van der Waals surface area contributed by atoms with E-state index in [9.17, 15) is 18.0 Å². The predicted octanol–water partition coefficient (Wildman–Crippen LogP) is 1.31. The lowest BCUT2D eigenvalue weighted by Crippen LogP contribution is -2.39. The zero-order valence-corrected chi connectivity index (χ0v) is 12.5. The van der Waals surface area contributed by atoms with Crippen LogP contribution in [0.25, 0.3) is 5.69 Å². The lowest BCUT2D eigenvalue weighted by atomic mass is 10.1. The quantitative estimate of drug-likeness (QED) is 0.768. The first-order valence-corrected chi connectivity index (χ1v) is 6.56. The van der Waals surface area contributed by atoms with Crippen molar-refractivity contribution in [3.63, 3.8) is 0 Å². The summed E-state index contributed by atoms with van der Waals surface area (Å²) in [6.07, 6.45) is 1.76. The number of hydrogen-bond acceptors (Lipinski definition) is 5. The third kappa shape index (κ3) is 4.01. The highest BCUT2D eigenvalue weighted by atomic mass is 19.4. The van der Waals surface area contributed by atoms with E-state index in [4.69, 9.17) is 11.2 Å². The van der Waals surface area contributed by atoms with Crippen LogP contribution in [0.5, 0.6) is 5.75 Å². The monoisotopic (exact) mass is 339 g/mol. The Balaban J connectivity index is 2.38. The van der Waals surface area contributed by atoms with Crippen LogP contribution in [-0.4, -0.2) is 57.4 Å². The summed E-state index contributed by atoms with van der Waals surface area (Å²) in [5.41, 5.74) is 0.307. The molecule has 0 spiro atoms. The van der Waals surface area contributed by atoms with E-state index in [2.05, 4.69) is 15.5 Å². The number of benzene rings is 1. The van der Waals surface area contributed by atoms with Crippen LogP contribution in [0, 0.1) is 12.3 Å². The summed E-state index contributed by atoms with van der Waals surface area (Å²) in [6, 6.07) is 4.11. The third-order valence-corrected chi connectivity index (χ3v) is 2.96. The van der Waals surface area contributed by atoms with Crippen LogP contribution in [0.3, 0.4) is 0 Å². The number of carbonyl (C=O) groups excluding carboxylic acids is 1. The number of carbonyl (C=O) groups is 1. The first kappa shape index (κ1) is 17.3. The summed E-state index contributed by atoms with van der Waals surface area (Å²) in [5.74, 6) is 1.54. The standard InChI is InChI=1S/C14H12F3N5O2/c1-3-6-21(8-14(15,16)17)13(23)10-4-5-12(24-2)11(7-10)22-9-18-19-20-22/h1,4-5,7,9H,6,8H2,2H3. The van der Waals surface area contributed by atoms with Crippen LogP contribution in [0.2, 0.25) is 0 Å². The summed E-state index contributed by atoms with van der Waals surface area (Å²) in [4.78, 5) is 12.9. The summed E-state index contributed by atoms with van der Waals surface area (Å²) < 4.78 is 44.2. The summed E-state index contributed by atoms with van der Waals surface area (Å²) >= 11 is 0. The second-order valence-electron chi connectivity index (χ2n) is 4.62. The van der Waals surface area contributed by atoms with Crippen molar-refractivity contribution >= 4 is 5.91 Å². The summed E-state index contributed by atoms with van der Waals surface area (Å²) in [5, 5.41) is 10.6. The number of methoxy groups -OCH3 is 1. The van der Waals surface area contributed by atoms with Crippen LogP contribution >= 0.6 is 0 Å². The van der Waals surface area contributed by atoms with Gasteiger partial charge in [-0.3, -0.25) is 4.79 Å². The van der Waals surface area contributed by atoms with E-state index in [1.54, 1.807) is 0 Å². The van der Waals surface area contributed by atoms with E-state index in [1.807, 2.05) is 5.92 Å². The maximum atomic E-state index is 12.6. The Morgan fingerprint density at radius 2 is 2.21 bits per heavy atom. The first-order chi connectivity index (χ1) is 11.4. The van der Waals surface area contributed by atoms with Gasteiger partial charge in [0.05, 0.1) is 13.7 Å². The molecule has 10 heteroatoms. The molecule has 0 aliphatic carbocycles. The fourth-order valence-corrected chi connectivity index (χ4v) is 1.98. The second kappa shape index (κ2) is 6.99. The number of ether oxygens (including phenoxy) is 1. The van der Waals surface area contributed by atoms with Gasteiger partial charge in [-0.1, -0.05) is 5.92 Å². The van der Waals surface area contributed by atoms with Crippen LogP contribution in [0.15, 0.2) is 24.5 Å². The Morgan fingerprint density at radius 1 is 1.46 bits per heavy atom. The molecule has 0 aliphatic heterocycles. The molecule has 1 heterocycles. The average molecular weight is 339 g/mol. The molecule has 0 unspecified atom stereocenters. The number of halogens is 3. The molecule has 0 aliphatic rings. The van der Waals surface area contributed by atoms with Gasteiger partial charge in [-0.15, -0.1) is 11.5 Å². The molecule has 24 heavy (non-hydrogen) atoms. The number of amides is 1. The average Bonchev–Trinajstić information content (AvgIpc) is 3.06. The highest BCUT2D eigenvalue weighted by Gasteiger charge is 2.33. The van der Waals surface area contributed by atoms with Gasteiger partial charge in [0, 0.05) is 5.56 Å². The normalized spacial score (nSPS) is 11.0. The molecule has 0 bridgehead atoms. The lowest BCUT2D eigenvalue weighted by Gasteiger charge is -2.22. The van der Waals surface area contributed by atoms with Gasteiger partial charge in [0.15, 0.2) is 0 Å². The fourth-order valence-electron chi connectivity index (χ4n) is 1.98. The minimum absolute atomic E-state index is 0.000741. The van der Waals surface area contributed by atoms with Crippen molar-refractivity contribution in [1.29, 1.82) is 0 Å². The van der Waals surface area contributed by atoms with Crippen LogP contribution in [0.1, 0.15) is 10.4 Å². The number of nitrogens with zero attached hydrogens (tertiary/aromatic N) is 5. The van der Waals surface area contributed by atoms with Crippen molar-refractivity contribution in [1.82, 2.24) is 25.1 Å². The number of hydrogen-bond donors (Lipinski definition) is 0. The molecule has 0 saturated heterocycles. The Bertz CT molecular complexity index is 753. The molecule has 0 radical (unpaired) electrons. The number of tetrazole rings is 1. The Morgan fingerprint density at radius 3 is 2.75 bits per heavy atom. The molecule has 0 saturated carbocycles. The number of terminal acetylenes is 1. The molecular formula is C14H12F3N5O2. The molecule has 7 nitrogen and oxygen atoms in total. The molecule has 126 valence electrons. The van der Waals surface area contributed by atoms with Gasteiger partial charge < -0.3 is 9.64 Å². The van der Waals surface area contributed by atoms with Crippen molar-refractivity contribution in [2.45, 2.75) is 6.18 Å². The molecule has 1 aromatic carbocycles. The van der Waals surface area contributed by atoms with E-state index >= 15 is 0 Å². The minimum Gasteiger partial charge on any atom is -0.494 e. The topological polar surface area (TPSA) is 73.1 Å². The highest BCUT2D eigenvalue weighted by Crippen LogP contribution is 2.24. The second-order valence-corrected chi connectivity index (χ2v) is 4.62. The van der Waals surface area contributed by atoms with Crippen molar-refractivity contribution < 1.29 is 22.7 Å². The van der Waals surface area contributed by atoms with Gasteiger partial charge in [0.25, 0.3) is 5.91 Å². The number of rotatable bonds is 5. The zero-order valence-electron chi connectivity index (χ0n) is 12.5. The van der Waals surface area contributed by atoms with Gasteiger partial charge >= 0.3 is 6.18 Å². The Hall–Kier alpha value is -3.09. The third-order valence-electron chi connectivity index (χ3n) is 2.96. The van der Waals surface area contributed by atoms with E-state index in [-0.39, 0.29) is 5.56 Å². The Kier molecular flexibility index (Phi) is 5.03. The van der Waals surface area contributed by atoms with E-state index in [1.165, 1.54) is 36.3 Å². The number of alkyl halides is 3. The maximum absolute atomic E-state index is 12.6. The van der Waals surface area contributed by atoms with Gasteiger partial charge in [0.2, 0.25) is 0 Å². The van der Waals surface area contributed by atoms with Gasteiger partial charge in [-0.2, -0.15) is 17.9 Å². The van der Waals surface area contributed by atoms with Crippen LogP contribution in [-0.2, 0) is 0 Å². The summed E-state index contributed by atoms with van der Waals surface area (Å²) in [6.45, 7) is -1.91. The van der Waals surface area contributed by atoms with Crippen molar-refractivity contribution in [2.75, 3.05) is 20.2 Å². The molecule has 0 fully saturated rings. The van der Waals surface area contributed by atoms with Gasteiger partial charge in [-0.25, -0.2) is 0 Å². The Labute approximate surface area is 135 Å². The fraction of sp³-hybridized carbons (Fsp3) is 0.286. The first-order valence-electron chi connectivity index (χ1n) is 6.56. The van der Waals surface area contributed by atoms with Crippen LogP contribution in [0.4, 0.5) is 13.2 Å².